The number of halogens is 2. The number of nitrogens with zero attached hydrogens (tertiary/aromatic N) is 2. The molecule has 0 radical (unpaired) electrons. The molecule has 2 aromatic rings. The first kappa shape index (κ1) is 19.3. The molecule has 0 amide bonds. The highest BCUT2D eigenvalue weighted by molar-refractivity contribution is 5.97. The number of carbonyl (C=O) groups is 1. The molecule has 5 atom stereocenters. The van der Waals surface area contributed by atoms with E-state index >= 15 is 4.39 Å². The third-order valence-corrected chi connectivity index (χ3v) is 7.02. The van der Waals surface area contributed by atoms with Crippen LogP contribution in [0.5, 0.6) is 5.75 Å². The first-order valence-corrected chi connectivity index (χ1v) is 10.0. The molecule has 7 nitrogen and oxygen atoms in total. The minimum Gasteiger partial charge on any atom is -0.492 e. The summed E-state index contributed by atoms with van der Waals surface area (Å²) in [6.07, 6.45) is 1.03. The van der Waals surface area contributed by atoms with E-state index in [0.29, 0.717) is 19.0 Å². The molecule has 1 aromatic carbocycles. The number of benzene rings is 1. The lowest BCUT2D eigenvalue weighted by Crippen LogP contribution is -2.59. The van der Waals surface area contributed by atoms with Gasteiger partial charge in [-0.3, -0.25) is 4.79 Å². The number of aromatic nitrogens is 1. The van der Waals surface area contributed by atoms with E-state index < -0.39 is 35.0 Å². The third-order valence-electron chi connectivity index (χ3n) is 7.02. The minimum absolute atomic E-state index is 0.107. The minimum atomic E-state index is -1.44. The van der Waals surface area contributed by atoms with Crippen molar-refractivity contribution in [2.45, 2.75) is 37.5 Å². The summed E-state index contributed by atoms with van der Waals surface area (Å²) in [5.41, 5.74) is 5.15. The number of hydrogen-bond acceptors (Lipinski definition) is 5. The number of rotatable bonds is 4. The Morgan fingerprint density at radius 2 is 2.13 bits per heavy atom. The second-order valence-corrected chi connectivity index (χ2v) is 8.94. The maximum Gasteiger partial charge on any atom is 0.341 e. The molecule has 160 valence electrons. The number of carboxylic acids is 1. The number of ether oxygens (including phenoxy) is 1. The van der Waals surface area contributed by atoms with Crippen LogP contribution in [0.1, 0.15) is 36.2 Å². The number of aromatic carboxylic acids is 1. The van der Waals surface area contributed by atoms with Gasteiger partial charge >= 0.3 is 5.97 Å². The molecule has 3 aliphatic rings. The van der Waals surface area contributed by atoms with Crippen molar-refractivity contribution < 1.29 is 23.4 Å². The van der Waals surface area contributed by atoms with Crippen molar-refractivity contribution in [1.29, 1.82) is 0 Å². The van der Waals surface area contributed by atoms with Gasteiger partial charge in [-0.2, -0.15) is 0 Å². The van der Waals surface area contributed by atoms with E-state index in [2.05, 4.69) is 6.92 Å². The summed E-state index contributed by atoms with van der Waals surface area (Å²) >= 11 is 0. The van der Waals surface area contributed by atoms with Crippen LogP contribution in [0.4, 0.5) is 14.5 Å². The molecule has 2 heterocycles. The molecule has 5 rings (SSSR count). The van der Waals surface area contributed by atoms with Crippen molar-refractivity contribution in [3.63, 3.8) is 0 Å². The van der Waals surface area contributed by atoms with Gasteiger partial charge in [-0.05, 0) is 24.3 Å². The molecule has 2 saturated carbocycles. The van der Waals surface area contributed by atoms with E-state index in [9.17, 15) is 19.1 Å². The van der Waals surface area contributed by atoms with Crippen molar-refractivity contribution in [2.24, 2.45) is 17.6 Å². The smallest absolute Gasteiger partial charge is 0.341 e. The monoisotopic (exact) mass is 419 g/mol. The Balaban J connectivity index is 1.76. The van der Waals surface area contributed by atoms with Crippen LogP contribution < -0.4 is 20.8 Å². The Morgan fingerprint density at radius 3 is 2.67 bits per heavy atom. The predicted molar refractivity (Wildman–Crippen MR) is 107 cm³/mol. The lowest BCUT2D eigenvalue weighted by atomic mass is 9.62. The van der Waals surface area contributed by atoms with Gasteiger partial charge in [-0.25, -0.2) is 13.6 Å². The van der Waals surface area contributed by atoms with Gasteiger partial charge in [0.1, 0.15) is 17.4 Å². The highest BCUT2D eigenvalue weighted by Gasteiger charge is 2.55. The van der Waals surface area contributed by atoms with Crippen LogP contribution in [0.2, 0.25) is 0 Å². The molecule has 3 N–H and O–H groups in total. The van der Waals surface area contributed by atoms with E-state index in [1.165, 1.54) is 11.7 Å². The Hall–Kier alpha value is -2.68. The number of pyridine rings is 1. The number of alkyl halides is 1. The zero-order valence-electron chi connectivity index (χ0n) is 16.7. The molecule has 1 saturated heterocycles. The van der Waals surface area contributed by atoms with Crippen molar-refractivity contribution in [2.75, 3.05) is 25.1 Å². The van der Waals surface area contributed by atoms with Gasteiger partial charge in [0.05, 0.1) is 24.1 Å². The molecular weight excluding hydrogens is 396 g/mol. The van der Waals surface area contributed by atoms with Gasteiger partial charge in [0.25, 0.3) is 0 Å². The SMILES string of the molecule is COc1c(N2C[C@H]3[C@H](C)C[C@@]3(N)C2)c(F)cc2c(=O)c(C(=O)O)cn(C3C[C@@H]3F)c12. The largest absolute Gasteiger partial charge is 0.492 e. The Morgan fingerprint density at radius 1 is 1.43 bits per heavy atom. The molecular formula is C21H23F2N3O4. The van der Waals surface area contributed by atoms with Crippen molar-refractivity contribution >= 4 is 22.6 Å². The fourth-order valence-corrected chi connectivity index (χ4v) is 5.46. The van der Waals surface area contributed by atoms with Gasteiger partial charge in [-0.15, -0.1) is 0 Å². The standard InChI is InChI=1S/C21H23F2N3O4/c1-9-5-21(24)8-25(7-12(9)21)17-14(23)3-10-16(19(17)30-2)26(15-4-13(15)22)6-11(18(10)27)20(28)29/h3,6,9,12-13,15H,4-5,7-8,24H2,1-2H3,(H,28,29)/t9-,12+,13+,15?,21-/m1/s1. The summed E-state index contributed by atoms with van der Waals surface area (Å²) in [5, 5.41) is 9.27. The Bertz CT molecular complexity index is 1150. The molecule has 0 bridgehead atoms. The molecule has 9 heteroatoms. The third kappa shape index (κ3) is 2.50. The van der Waals surface area contributed by atoms with Crippen molar-refractivity contribution in [3.05, 3.63) is 33.9 Å². The molecule has 2 aliphatic carbocycles. The van der Waals surface area contributed by atoms with Gasteiger partial charge in [0.15, 0.2) is 11.6 Å². The number of methoxy groups -OCH3 is 1. The maximum absolute atomic E-state index is 15.3. The van der Waals surface area contributed by atoms with E-state index in [-0.39, 0.29) is 40.2 Å². The number of fused-ring (bicyclic) bond motifs is 2. The molecule has 1 aliphatic heterocycles. The van der Waals surface area contributed by atoms with Crippen LogP contribution in [0, 0.1) is 17.7 Å². The summed E-state index contributed by atoms with van der Waals surface area (Å²) in [5.74, 6) is -1.35. The lowest BCUT2D eigenvalue weighted by molar-refractivity contribution is 0.0694. The van der Waals surface area contributed by atoms with E-state index in [4.69, 9.17) is 10.5 Å². The molecule has 30 heavy (non-hydrogen) atoms. The summed E-state index contributed by atoms with van der Waals surface area (Å²) in [6.45, 7) is 3.13. The Kier molecular flexibility index (Phi) is 3.96. The lowest BCUT2D eigenvalue weighted by Gasteiger charge is -2.46. The molecule has 1 aromatic heterocycles. The van der Waals surface area contributed by atoms with Crippen LogP contribution in [0.25, 0.3) is 10.9 Å². The number of carboxylic acid groups (broad SMARTS) is 1. The van der Waals surface area contributed by atoms with Crippen LogP contribution in [0.3, 0.4) is 0 Å². The number of hydrogen-bond donors (Lipinski definition) is 2. The first-order chi connectivity index (χ1) is 14.2. The predicted octanol–water partition coefficient (Wildman–Crippen LogP) is 2.30. The zero-order valence-corrected chi connectivity index (χ0v) is 16.7. The average molecular weight is 419 g/mol. The zero-order chi connectivity index (χ0) is 21.5. The topological polar surface area (TPSA) is 97.8 Å². The fraction of sp³-hybridized carbons (Fsp3) is 0.524. The second kappa shape index (κ2) is 6.16. The number of nitrogens with two attached hydrogens (primary N) is 1. The highest BCUT2D eigenvalue weighted by Crippen LogP contribution is 2.51. The Labute approximate surface area is 171 Å². The summed E-state index contributed by atoms with van der Waals surface area (Å²) in [4.78, 5) is 26.1. The fourth-order valence-electron chi connectivity index (χ4n) is 5.46. The van der Waals surface area contributed by atoms with Gasteiger partial charge < -0.3 is 25.0 Å². The van der Waals surface area contributed by atoms with E-state index in [0.717, 1.165) is 18.7 Å². The summed E-state index contributed by atoms with van der Waals surface area (Å²) < 4.78 is 36.3. The maximum atomic E-state index is 15.3. The highest BCUT2D eigenvalue weighted by atomic mass is 19.1. The van der Waals surface area contributed by atoms with Gasteiger partial charge in [0, 0.05) is 31.2 Å². The van der Waals surface area contributed by atoms with Gasteiger partial charge in [-0.1, -0.05) is 6.92 Å². The normalized spacial score (nSPS) is 32.1. The van der Waals surface area contributed by atoms with Crippen LogP contribution in [-0.2, 0) is 0 Å². The summed E-state index contributed by atoms with van der Waals surface area (Å²) in [7, 11) is 1.36. The second-order valence-electron chi connectivity index (χ2n) is 8.94. The molecule has 0 spiro atoms. The first-order valence-electron chi connectivity index (χ1n) is 10.0. The van der Waals surface area contributed by atoms with Gasteiger partial charge in [0.2, 0.25) is 5.43 Å². The number of anilines is 1. The van der Waals surface area contributed by atoms with Crippen molar-refractivity contribution in [3.8, 4) is 5.75 Å². The molecule has 1 unspecified atom stereocenters. The average Bonchev–Trinajstić information content (AvgIpc) is 3.33. The van der Waals surface area contributed by atoms with Crippen LogP contribution in [-0.4, -0.2) is 47.6 Å². The van der Waals surface area contributed by atoms with Crippen molar-refractivity contribution in [1.82, 2.24) is 4.57 Å². The quantitative estimate of drug-likeness (QED) is 0.789. The van der Waals surface area contributed by atoms with Crippen LogP contribution in [0.15, 0.2) is 17.1 Å². The van der Waals surface area contributed by atoms with E-state index in [1.807, 2.05) is 4.90 Å². The summed E-state index contributed by atoms with van der Waals surface area (Å²) in [6, 6.07) is 0.426. The van der Waals surface area contributed by atoms with Crippen LogP contribution >= 0.6 is 0 Å². The molecule has 3 fully saturated rings. The van der Waals surface area contributed by atoms with E-state index in [1.54, 1.807) is 0 Å².